The lowest BCUT2D eigenvalue weighted by molar-refractivity contribution is -0.447. The van der Waals surface area contributed by atoms with Crippen LogP contribution in [0, 0.1) is 5.41 Å². The number of hydrogen-bond acceptors (Lipinski definition) is 3. The van der Waals surface area contributed by atoms with Crippen molar-refractivity contribution < 1.29 is 20.3 Å². The Bertz CT molecular complexity index is 175. The van der Waals surface area contributed by atoms with E-state index in [-0.39, 0.29) is 17.2 Å². The lowest BCUT2D eigenvalue weighted by Crippen LogP contribution is -2.63. The number of ketones is 1. The van der Waals surface area contributed by atoms with Crippen molar-refractivity contribution in [3.05, 3.63) is 0 Å². The zero-order valence-corrected chi connectivity index (χ0v) is 9.63. The Labute approximate surface area is 85.7 Å². The predicted octanol–water partition coefficient (Wildman–Crippen LogP) is 0.570. The van der Waals surface area contributed by atoms with Crippen LogP contribution in [0.2, 0.25) is 0 Å². The highest BCUT2D eigenvalue weighted by Crippen LogP contribution is 2.17. The fraction of sp³-hybridized carbons (Fsp3) is 0.900. The van der Waals surface area contributed by atoms with Gasteiger partial charge in [-0.1, -0.05) is 20.8 Å². The van der Waals surface area contributed by atoms with Crippen molar-refractivity contribution in [3.8, 4) is 0 Å². The molecule has 0 unspecified atom stereocenters. The molecule has 84 valence electrons. The Morgan fingerprint density at radius 2 is 2.00 bits per heavy atom. The first-order chi connectivity index (χ1) is 6.38. The Hall–Kier alpha value is -0.450. The van der Waals surface area contributed by atoms with E-state index in [1.807, 2.05) is 20.8 Å². The fourth-order valence-corrected chi connectivity index (χ4v) is 0.958. The van der Waals surface area contributed by atoms with E-state index in [0.717, 1.165) is 6.42 Å². The molecule has 0 aromatic carbocycles. The van der Waals surface area contributed by atoms with Crippen molar-refractivity contribution in [1.82, 2.24) is 0 Å². The molecule has 4 nitrogen and oxygen atoms in total. The van der Waals surface area contributed by atoms with Gasteiger partial charge in [0.05, 0.1) is 7.11 Å². The van der Waals surface area contributed by atoms with Crippen molar-refractivity contribution in [2.24, 2.45) is 5.41 Å². The van der Waals surface area contributed by atoms with Gasteiger partial charge in [0, 0.05) is 18.3 Å². The Balaban J connectivity index is 3.67. The second-order valence-corrected chi connectivity index (χ2v) is 4.53. The maximum atomic E-state index is 11.5. The first kappa shape index (κ1) is 13.5. The molecule has 0 heterocycles. The number of carbonyl (C=O) groups is 1. The molecule has 1 atom stereocenters. The molecule has 0 saturated carbocycles. The monoisotopic (exact) mass is 204 g/mol. The van der Waals surface area contributed by atoms with Gasteiger partial charge in [-0.25, -0.2) is 9.78 Å². The van der Waals surface area contributed by atoms with Crippen LogP contribution in [0.15, 0.2) is 0 Å². The van der Waals surface area contributed by atoms with Crippen LogP contribution in [0.5, 0.6) is 0 Å². The van der Waals surface area contributed by atoms with E-state index in [4.69, 9.17) is 4.89 Å². The van der Waals surface area contributed by atoms with Crippen LogP contribution >= 0.6 is 0 Å². The highest BCUT2D eigenvalue weighted by Gasteiger charge is 2.22. The molecule has 0 amide bonds. The quantitative estimate of drug-likeness (QED) is 0.508. The maximum absolute atomic E-state index is 11.5. The molecule has 0 aromatic rings. The van der Waals surface area contributed by atoms with E-state index in [1.165, 1.54) is 7.11 Å². The molecule has 0 aliphatic heterocycles. The fourth-order valence-electron chi connectivity index (χ4n) is 0.958. The molecule has 0 fully saturated rings. The third-order valence-electron chi connectivity index (χ3n) is 2.04. The van der Waals surface area contributed by atoms with Gasteiger partial charge in [0.1, 0.15) is 18.4 Å². The lowest BCUT2D eigenvalue weighted by Gasteiger charge is -2.16. The van der Waals surface area contributed by atoms with Gasteiger partial charge in [0.25, 0.3) is 0 Å². The molecule has 0 rings (SSSR count). The van der Waals surface area contributed by atoms with E-state index in [2.05, 4.69) is 10.6 Å². The van der Waals surface area contributed by atoms with E-state index >= 15 is 0 Å². The van der Waals surface area contributed by atoms with Gasteiger partial charge < -0.3 is 5.73 Å². The minimum atomic E-state index is -0.248. The normalized spacial score (nSPS) is 14.1. The smallest absolute Gasteiger partial charge is 0.138 e. The van der Waals surface area contributed by atoms with Crippen molar-refractivity contribution >= 4 is 5.78 Å². The summed E-state index contributed by atoms with van der Waals surface area (Å²) in [7, 11) is 1.47. The number of Topliss-reactive ketones (excluding diaryl/α,β-unsaturated/α-hetero) is 1. The molecule has 0 aromatic heterocycles. The molecular weight excluding hydrogens is 182 g/mol. The van der Waals surface area contributed by atoms with Gasteiger partial charge >= 0.3 is 0 Å². The van der Waals surface area contributed by atoms with E-state index in [1.54, 1.807) is 0 Å². The van der Waals surface area contributed by atoms with Crippen LogP contribution in [0.4, 0.5) is 0 Å². The van der Waals surface area contributed by atoms with Crippen molar-refractivity contribution in [2.75, 3.05) is 13.7 Å². The standard InChI is InChI=1S/C10H21NO3/c1-10(2,3)9(12)6-5-8(11)7-14-13-4/h8H,5-7,11H2,1-4H3/p+1/t8-/m0/s1. The van der Waals surface area contributed by atoms with Crippen LogP contribution in [0.3, 0.4) is 0 Å². The summed E-state index contributed by atoms with van der Waals surface area (Å²) < 4.78 is 0. The van der Waals surface area contributed by atoms with Gasteiger partial charge in [-0.15, -0.1) is 0 Å². The summed E-state index contributed by atoms with van der Waals surface area (Å²) in [6, 6.07) is 0.112. The second kappa shape index (κ2) is 6.11. The molecule has 4 heteroatoms. The maximum Gasteiger partial charge on any atom is 0.138 e. The number of hydrogen-bond donors (Lipinski definition) is 1. The largest absolute Gasteiger partial charge is 0.353 e. The van der Waals surface area contributed by atoms with Gasteiger partial charge in [0.2, 0.25) is 0 Å². The van der Waals surface area contributed by atoms with Crippen LogP contribution in [-0.4, -0.2) is 25.5 Å². The summed E-state index contributed by atoms with van der Waals surface area (Å²) in [4.78, 5) is 20.7. The SMILES string of the molecule is COOC[C@@H]([NH3+])CCC(=O)C(C)(C)C. The van der Waals surface area contributed by atoms with E-state index in [9.17, 15) is 4.79 Å². The average molecular weight is 204 g/mol. The van der Waals surface area contributed by atoms with Crippen LogP contribution in [0.1, 0.15) is 33.6 Å². The van der Waals surface area contributed by atoms with Crippen LogP contribution in [0.25, 0.3) is 0 Å². The average Bonchev–Trinajstić information content (AvgIpc) is 2.09. The highest BCUT2D eigenvalue weighted by molar-refractivity contribution is 5.83. The zero-order valence-electron chi connectivity index (χ0n) is 9.63. The third kappa shape index (κ3) is 6.07. The Morgan fingerprint density at radius 1 is 1.43 bits per heavy atom. The summed E-state index contributed by atoms with van der Waals surface area (Å²) in [6.45, 7) is 6.23. The molecule has 0 spiro atoms. The molecule has 0 bridgehead atoms. The highest BCUT2D eigenvalue weighted by atomic mass is 17.2. The van der Waals surface area contributed by atoms with Gasteiger partial charge in [0.15, 0.2) is 0 Å². The molecule has 0 saturated heterocycles. The number of rotatable bonds is 6. The summed E-state index contributed by atoms with van der Waals surface area (Å²) in [5.41, 5.74) is 3.62. The van der Waals surface area contributed by atoms with Crippen molar-refractivity contribution in [3.63, 3.8) is 0 Å². The number of carbonyl (C=O) groups excluding carboxylic acids is 1. The summed E-state index contributed by atoms with van der Waals surface area (Å²) in [5.74, 6) is 0.267. The van der Waals surface area contributed by atoms with Crippen molar-refractivity contribution in [1.29, 1.82) is 0 Å². The molecule has 0 radical (unpaired) electrons. The minimum absolute atomic E-state index is 0.112. The van der Waals surface area contributed by atoms with Crippen molar-refractivity contribution in [2.45, 2.75) is 39.7 Å². The summed E-state index contributed by atoms with van der Waals surface area (Å²) in [5, 5.41) is 0. The first-order valence-corrected chi connectivity index (χ1v) is 4.90. The molecule has 3 N–H and O–H groups in total. The molecular formula is C10H22NO3+. The number of quaternary nitrogens is 1. The van der Waals surface area contributed by atoms with Gasteiger partial charge in [-0.05, 0) is 0 Å². The topological polar surface area (TPSA) is 63.2 Å². The Kier molecular flexibility index (Phi) is 5.92. The van der Waals surface area contributed by atoms with E-state index < -0.39 is 0 Å². The van der Waals surface area contributed by atoms with Gasteiger partial charge in [-0.3, -0.25) is 4.79 Å². The summed E-state index contributed by atoms with van der Waals surface area (Å²) in [6.07, 6.45) is 1.31. The van der Waals surface area contributed by atoms with Crippen LogP contribution in [-0.2, 0) is 14.6 Å². The Morgan fingerprint density at radius 3 is 2.43 bits per heavy atom. The lowest BCUT2D eigenvalue weighted by atomic mass is 9.87. The predicted molar refractivity (Wildman–Crippen MR) is 53.3 cm³/mol. The molecule has 0 aliphatic rings. The second-order valence-electron chi connectivity index (χ2n) is 4.53. The van der Waals surface area contributed by atoms with Gasteiger partial charge in [-0.2, -0.15) is 0 Å². The molecule has 0 aliphatic carbocycles. The third-order valence-corrected chi connectivity index (χ3v) is 2.04. The summed E-state index contributed by atoms with van der Waals surface area (Å²) >= 11 is 0. The first-order valence-electron chi connectivity index (χ1n) is 4.90. The minimum Gasteiger partial charge on any atom is -0.353 e. The zero-order chi connectivity index (χ0) is 11.2. The van der Waals surface area contributed by atoms with E-state index in [0.29, 0.717) is 13.0 Å². The van der Waals surface area contributed by atoms with Crippen LogP contribution < -0.4 is 5.73 Å². The molecule has 14 heavy (non-hydrogen) atoms.